The second-order valence-electron chi connectivity index (χ2n) is 4.93. The van der Waals surface area contributed by atoms with E-state index in [1.54, 1.807) is 0 Å². The molecule has 0 atom stereocenters. The zero-order valence-corrected chi connectivity index (χ0v) is 13.0. The second kappa shape index (κ2) is 7.36. The largest absolute Gasteiger partial charge is 0.429 e. The van der Waals surface area contributed by atoms with Gasteiger partial charge in [-0.05, 0) is 30.5 Å². The zero-order chi connectivity index (χ0) is 14.4. The summed E-state index contributed by atoms with van der Waals surface area (Å²) in [6.07, 6.45) is 1.12. The van der Waals surface area contributed by atoms with Gasteiger partial charge in [0.2, 0.25) is 0 Å². The van der Waals surface area contributed by atoms with E-state index < -0.39 is 0 Å². The molecule has 20 heavy (non-hydrogen) atoms. The van der Waals surface area contributed by atoms with Crippen LogP contribution >= 0.6 is 11.3 Å². The van der Waals surface area contributed by atoms with Gasteiger partial charge in [0.25, 0.3) is 5.19 Å². The maximum absolute atomic E-state index is 5.87. The maximum Gasteiger partial charge on any atom is 0.299 e. The van der Waals surface area contributed by atoms with Crippen molar-refractivity contribution >= 4 is 11.3 Å². The molecule has 0 unspecified atom stereocenters. The Balaban J connectivity index is 2.03. The Morgan fingerprint density at radius 1 is 1.25 bits per heavy atom. The molecule has 1 aromatic heterocycles. The molecule has 0 aliphatic heterocycles. The molecule has 2 rings (SSSR count). The lowest BCUT2D eigenvalue weighted by atomic mass is 10.0. The van der Waals surface area contributed by atoms with Crippen molar-refractivity contribution < 1.29 is 4.74 Å². The summed E-state index contributed by atoms with van der Waals surface area (Å²) in [5.41, 5.74) is 1.19. The highest BCUT2D eigenvalue weighted by Crippen LogP contribution is 2.31. The number of aromatic nitrogens is 2. The number of hydrogen-bond acceptors (Lipinski definition) is 5. The summed E-state index contributed by atoms with van der Waals surface area (Å²) < 4.78 is 5.87. The molecule has 0 radical (unpaired) electrons. The van der Waals surface area contributed by atoms with Gasteiger partial charge in [-0.15, -0.1) is 5.10 Å². The molecule has 0 aliphatic rings. The molecule has 108 valence electrons. The molecule has 1 aromatic carbocycles. The van der Waals surface area contributed by atoms with E-state index in [9.17, 15) is 0 Å². The van der Waals surface area contributed by atoms with Crippen LogP contribution in [-0.2, 0) is 6.54 Å². The van der Waals surface area contributed by atoms with E-state index in [4.69, 9.17) is 4.74 Å². The van der Waals surface area contributed by atoms with Crippen LogP contribution in [0, 0.1) is 0 Å². The van der Waals surface area contributed by atoms with E-state index in [0.29, 0.717) is 11.1 Å². The summed E-state index contributed by atoms with van der Waals surface area (Å²) in [6, 6.07) is 8.07. The van der Waals surface area contributed by atoms with Crippen LogP contribution in [0.25, 0.3) is 0 Å². The van der Waals surface area contributed by atoms with Gasteiger partial charge in [-0.3, -0.25) is 0 Å². The van der Waals surface area contributed by atoms with Crippen LogP contribution in [0.5, 0.6) is 10.9 Å². The Bertz CT molecular complexity index is 539. The maximum atomic E-state index is 5.87. The molecule has 1 heterocycles. The number of benzene rings is 1. The van der Waals surface area contributed by atoms with Crippen molar-refractivity contribution in [3.05, 3.63) is 34.8 Å². The van der Waals surface area contributed by atoms with Gasteiger partial charge in [-0.2, -0.15) is 0 Å². The third-order valence-electron chi connectivity index (χ3n) is 2.89. The molecule has 0 spiro atoms. The smallest absolute Gasteiger partial charge is 0.299 e. The average Bonchev–Trinajstić information content (AvgIpc) is 2.87. The first-order valence-corrected chi connectivity index (χ1v) is 7.82. The Morgan fingerprint density at radius 2 is 2.05 bits per heavy atom. The van der Waals surface area contributed by atoms with Gasteiger partial charge in [0.15, 0.2) is 0 Å². The number of rotatable bonds is 7. The fourth-order valence-electron chi connectivity index (χ4n) is 1.87. The van der Waals surface area contributed by atoms with Crippen molar-refractivity contribution in [2.24, 2.45) is 0 Å². The summed E-state index contributed by atoms with van der Waals surface area (Å²) in [6.45, 7) is 8.20. The van der Waals surface area contributed by atoms with Crippen LogP contribution < -0.4 is 10.1 Å². The second-order valence-corrected chi connectivity index (χ2v) is 5.96. The topological polar surface area (TPSA) is 47.0 Å². The van der Waals surface area contributed by atoms with Crippen molar-refractivity contribution in [2.75, 3.05) is 6.54 Å². The summed E-state index contributed by atoms with van der Waals surface area (Å²) in [7, 11) is 0. The van der Waals surface area contributed by atoms with Gasteiger partial charge in [0.1, 0.15) is 10.8 Å². The van der Waals surface area contributed by atoms with E-state index in [1.807, 2.05) is 18.2 Å². The van der Waals surface area contributed by atoms with Crippen LogP contribution in [0.4, 0.5) is 0 Å². The Kier molecular flexibility index (Phi) is 5.49. The fraction of sp³-hybridized carbons (Fsp3) is 0.467. The van der Waals surface area contributed by atoms with Crippen molar-refractivity contribution in [1.29, 1.82) is 0 Å². The Hall–Kier alpha value is -1.46. The molecule has 0 saturated carbocycles. The molecule has 0 bridgehead atoms. The highest BCUT2D eigenvalue weighted by Gasteiger charge is 2.11. The number of hydrogen-bond donors (Lipinski definition) is 1. The predicted molar refractivity (Wildman–Crippen MR) is 82.5 cm³/mol. The van der Waals surface area contributed by atoms with Crippen LogP contribution in [-0.4, -0.2) is 16.7 Å². The minimum absolute atomic E-state index is 0.421. The minimum atomic E-state index is 0.421. The molecular formula is C15H21N3OS. The first kappa shape index (κ1) is 14.9. The first-order chi connectivity index (χ1) is 9.70. The lowest BCUT2D eigenvalue weighted by Gasteiger charge is -2.11. The zero-order valence-electron chi connectivity index (χ0n) is 12.2. The number of para-hydroxylation sites is 1. The lowest BCUT2D eigenvalue weighted by molar-refractivity contribution is 0.464. The highest BCUT2D eigenvalue weighted by atomic mass is 32.1. The van der Waals surface area contributed by atoms with Crippen molar-refractivity contribution in [1.82, 2.24) is 15.5 Å². The van der Waals surface area contributed by atoms with E-state index in [-0.39, 0.29) is 0 Å². The van der Waals surface area contributed by atoms with Crippen LogP contribution in [0.2, 0.25) is 0 Å². The molecule has 0 aliphatic carbocycles. The van der Waals surface area contributed by atoms with Crippen molar-refractivity contribution in [3.8, 4) is 10.9 Å². The van der Waals surface area contributed by atoms with E-state index in [0.717, 1.165) is 30.3 Å². The summed E-state index contributed by atoms with van der Waals surface area (Å²) in [5, 5.41) is 13.1. The lowest BCUT2D eigenvalue weighted by Crippen LogP contribution is -2.13. The van der Waals surface area contributed by atoms with Gasteiger partial charge >= 0.3 is 0 Å². The van der Waals surface area contributed by atoms with Gasteiger partial charge in [-0.1, -0.05) is 55.4 Å². The fourth-order valence-corrected chi connectivity index (χ4v) is 2.54. The van der Waals surface area contributed by atoms with Gasteiger partial charge in [-0.25, -0.2) is 0 Å². The molecule has 2 aromatic rings. The molecule has 0 fully saturated rings. The predicted octanol–water partition coefficient (Wildman–Crippen LogP) is 3.95. The first-order valence-electron chi connectivity index (χ1n) is 7.00. The average molecular weight is 291 g/mol. The van der Waals surface area contributed by atoms with Gasteiger partial charge in [0, 0.05) is 6.54 Å². The Morgan fingerprint density at radius 3 is 2.80 bits per heavy atom. The molecule has 5 heteroatoms. The quantitative estimate of drug-likeness (QED) is 0.785. The SMILES string of the molecule is CCCNCc1nnc(Oc2ccccc2C(C)C)s1. The molecule has 0 saturated heterocycles. The summed E-state index contributed by atoms with van der Waals surface area (Å²) in [4.78, 5) is 0. The summed E-state index contributed by atoms with van der Waals surface area (Å²) >= 11 is 1.49. The molecular weight excluding hydrogens is 270 g/mol. The number of nitrogens with one attached hydrogen (secondary N) is 1. The van der Waals surface area contributed by atoms with Crippen LogP contribution in [0.15, 0.2) is 24.3 Å². The number of nitrogens with zero attached hydrogens (tertiary/aromatic N) is 2. The van der Waals surface area contributed by atoms with Crippen molar-refractivity contribution in [2.45, 2.75) is 39.7 Å². The van der Waals surface area contributed by atoms with Crippen molar-refractivity contribution in [3.63, 3.8) is 0 Å². The molecule has 0 amide bonds. The van der Waals surface area contributed by atoms with E-state index in [2.05, 4.69) is 42.4 Å². The van der Waals surface area contributed by atoms with Gasteiger partial charge < -0.3 is 10.1 Å². The van der Waals surface area contributed by atoms with Crippen LogP contribution in [0.1, 0.15) is 43.7 Å². The third kappa shape index (κ3) is 4.02. The van der Waals surface area contributed by atoms with Gasteiger partial charge in [0.05, 0.1) is 0 Å². The van der Waals surface area contributed by atoms with E-state index >= 15 is 0 Å². The summed E-state index contributed by atoms with van der Waals surface area (Å²) in [5.74, 6) is 1.29. The monoisotopic (exact) mass is 291 g/mol. The third-order valence-corrected chi connectivity index (χ3v) is 3.69. The molecule has 1 N–H and O–H groups in total. The van der Waals surface area contributed by atoms with E-state index in [1.165, 1.54) is 16.9 Å². The van der Waals surface area contributed by atoms with Crippen LogP contribution in [0.3, 0.4) is 0 Å². The highest BCUT2D eigenvalue weighted by molar-refractivity contribution is 7.13. The minimum Gasteiger partial charge on any atom is -0.429 e. The standard InChI is InChI=1S/C15H21N3OS/c1-4-9-16-10-14-17-18-15(20-14)19-13-8-6-5-7-12(13)11(2)3/h5-8,11,16H,4,9-10H2,1-3H3. The number of ether oxygens (including phenoxy) is 1. The normalized spacial score (nSPS) is 11.0. The molecule has 4 nitrogen and oxygen atoms in total. The Labute approximate surface area is 124 Å².